The largest absolute Gasteiger partial charge is 0.358 e. The van der Waals surface area contributed by atoms with Crippen molar-refractivity contribution in [2.45, 2.75) is 45.8 Å². The van der Waals surface area contributed by atoms with Gasteiger partial charge in [-0.15, -0.1) is 0 Å². The molecule has 32 heavy (non-hydrogen) atoms. The molecular weight excluding hydrogens is 398 g/mol. The second-order valence-electron chi connectivity index (χ2n) is 9.64. The van der Waals surface area contributed by atoms with Crippen LogP contribution in [0.4, 0.5) is 0 Å². The van der Waals surface area contributed by atoms with Crippen LogP contribution in [-0.2, 0) is 11.3 Å². The first-order valence-electron chi connectivity index (χ1n) is 10.9. The van der Waals surface area contributed by atoms with E-state index in [0.29, 0.717) is 12.1 Å². The summed E-state index contributed by atoms with van der Waals surface area (Å²) in [5.41, 5.74) is 3.93. The first kappa shape index (κ1) is 20.3. The minimum absolute atomic E-state index is 0.107. The highest BCUT2D eigenvalue weighted by atomic mass is 16.2. The molecule has 2 amide bonds. The number of aromatic nitrogens is 1. The average Bonchev–Trinajstić information content (AvgIpc) is 3.22. The van der Waals surface area contributed by atoms with Crippen LogP contribution < -0.4 is 5.32 Å². The summed E-state index contributed by atoms with van der Waals surface area (Å²) in [4.78, 5) is 32.4. The molecule has 1 atom stereocenters. The molecule has 0 fully saturated rings. The number of hydrogen-bond donors (Lipinski definition) is 2. The summed E-state index contributed by atoms with van der Waals surface area (Å²) in [7, 11) is 0. The zero-order chi connectivity index (χ0) is 22.6. The molecular formula is C27H27N3O2. The Labute approximate surface area is 187 Å². The highest BCUT2D eigenvalue weighted by Gasteiger charge is 2.40. The number of aryl methyl sites for hydroxylation is 1. The van der Waals surface area contributed by atoms with E-state index in [-0.39, 0.29) is 11.8 Å². The molecule has 0 saturated carbocycles. The number of aromatic amines is 1. The lowest BCUT2D eigenvalue weighted by atomic mass is 9.99. The van der Waals surface area contributed by atoms with Crippen LogP contribution in [-0.4, -0.2) is 27.2 Å². The molecule has 1 aliphatic rings. The van der Waals surface area contributed by atoms with E-state index < -0.39 is 11.6 Å². The molecule has 1 aromatic heterocycles. The molecule has 2 heterocycles. The normalized spacial score (nSPS) is 14.8. The first-order chi connectivity index (χ1) is 15.2. The van der Waals surface area contributed by atoms with Gasteiger partial charge in [-0.3, -0.25) is 9.59 Å². The van der Waals surface area contributed by atoms with Crippen LogP contribution in [0.1, 0.15) is 54.0 Å². The summed E-state index contributed by atoms with van der Waals surface area (Å²) in [5, 5.41) is 6.20. The summed E-state index contributed by atoms with van der Waals surface area (Å²) in [6, 6.07) is 19.3. The van der Waals surface area contributed by atoms with Gasteiger partial charge in [-0.2, -0.15) is 0 Å². The Bertz CT molecular complexity index is 1380. The Kier molecular flexibility index (Phi) is 4.59. The van der Waals surface area contributed by atoms with Crippen molar-refractivity contribution in [3.8, 4) is 0 Å². The number of nitrogens with one attached hydrogen (secondary N) is 2. The highest BCUT2D eigenvalue weighted by molar-refractivity contribution is 6.05. The molecule has 0 bridgehead atoms. The van der Waals surface area contributed by atoms with E-state index in [0.717, 1.165) is 38.5 Å². The number of rotatable bonds is 3. The summed E-state index contributed by atoms with van der Waals surface area (Å²) in [6.45, 7) is 8.24. The second-order valence-corrected chi connectivity index (χ2v) is 9.64. The quantitative estimate of drug-likeness (QED) is 0.471. The number of fused-ring (bicyclic) bond motifs is 3. The Balaban J connectivity index is 1.65. The summed E-state index contributed by atoms with van der Waals surface area (Å²) in [5.74, 6) is -0.277. The lowest BCUT2D eigenvalue weighted by Crippen LogP contribution is -2.48. The number of benzene rings is 3. The SMILES string of the molecule is Cc1[nH]c2ccccc2c1C(C(=O)NC(C)(C)C)N1Cc2cc3ccccc3cc2C1=O. The van der Waals surface area contributed by atoms with Crippen molar-refractivity contribution in [1.29, 1.82) is 0 Å². The lowest BCUT2D eigenvalue weighted by Gasteiger charge is -2.31. The Morgan fingerprint density at radius 1 is 1.03 bits per heavy atom. The first-order valence-corrected chi connectivity index (χ1v) is 10.9. The summed E-state index contributed by atoms with van der Waals surface area (Å²) >= 11 is 0. The van der Waals surface area contributed by atoms with Crippen molar-refractivity contribution in [3.05, 3.63) is 83.0 Å². The zero-order valence-corrected chi connectivity index (χ0v) is 18.8. The van der Waals surface area contributed by atoms with Gasteiger partial charge in [0.25, 0.3) is 5.91 Å². The van der Waals surface area contributed by atoms with E-state index in [1.807, 2.05) is 76.2 Å². The van der Waals surface area contributed by atoms with E-state index in [1.165, 1.54) is 0 Å². The zero-order valence-electron chi connectivity index (χ0n) is 18.8. The van der Waals surface area contributed by atoms with Gasteiger partial charge in [0.2, 0.25) is 5.91 Å². The van der Waals surface area contributed by atoms with Gasteiger partial charge in [-0.05, 0) is 62.2 Å². The Morgan fingerprint density at radius 2 is 1.69 bits per heavy atom. The van der Waals surface area contributed by atoms with Gasteiger partial charge in [-0.25, -0.2) is 0 Å². The molecule has 1 unspecified atom stereocenters. The van der Waals surface area contributed by atoms with Crippen LogP contribution in [0.5, 0.6) is 0 Å². The van der Waals surface area contributed by atoms with Gasteiger partial charge in [-0.1, -0.05) is 42.5 Å². The molecule has 5 rings (SSSR count). The maximum absolute atomic E-state index is 13.7. The van der Waals surface area contributed by atoms with Gasteiger partial charge < -0.3 is 15.2 Å². The van der Waals surface area contributed by atoms with Gasteiger partial charge in [0, 0.05) is 39.8 Å². The van der Waals surface area contributed by atoms with Crippen molar-refractivity contribution in [2.75, 3.05) is 0 Å². The fourth-order valence-corrected chi connectivity index (χ4v) is 4.75. The van der Waals surface area contributed by atoms with Crippen molar-refractivity contribution in [3.63, 3.8) is 0 Å². The monoisotopic (exact) mass is 425 g/mol. The van der Waals surface area contributed by atoms with E-state index in [2.05, 4.69) is 22.4 Å². The van der Waals surface area contributed by atoms with E-state index >= 15 is 0 Å². The van der Waals surface area contributed by atoms with Crippen molar-refractivity contribution >= 4 is 33.5 Å². The summed E-state index contributed by atoms with van der Waals surface area (Å²) in [6.07, 6.45) is 0. The highest BCUT2D eigenvalue weighted by Crippen LogP contribution is 2.38. The van der Waals surface area contributed by atoms with Crippen molar-refractivity contribution in [2.24, 2.45) is 0 Å². The molecule has 5 nitrogen and oxygen atoms in total. The molecule has 0 spiro atoms. The molecule has 5 heteroatoms. The maximum atomic E-state index is 13.7. The molecule has 0 radical (unpaired) electrons. The van der Waals surface area contributed by atoms with Crippen LogP contribution >= 0.6 is 0 Å². The van der Waals surface area contributed by atoms with Crippen LogP contribution in [0.25, 0.3) is 21.7 Å². The number of amides is 2. The van der Waals surface area contributed by atoms with Gasteiger partial charge in [0.05, 0.1) is 0 Å². The predicted octanol–water partition coefficient (Wildman–Crippen LogP) is 5.24. The second kappa shape index (κ2) is 7.23. The van der Waals surface area contributed by atoms with Crippen LogP contribution in [0.3, 0.4) is 0 Å². The molecule has 2 N–H and O–H groups in total. The number of carbonyl (C=O) groups excluding carboxylic acids is 2. The van der Waals surface area contributed by atoms with Crippen molar-refractivity contribution < 1.29 is 9.59 Å². The fourth-order valence-electron chi connectivity index (χ4n) is 4.75. The standard InChI is InChI=1S/C27H27N3O2/c1-16-23(20-11-7-8-12-22(20)28-16)24(25(31)29-27(2,3)4)30-15-19-13-17-9-5-6-10-18(17)14-21(19)26(30)32/h5-14,24,28H,15H2,1-4H3,(H,29,31). The van der Waals surface area contributed by atoms with Crippen LogP contribution in [0.15, 0.2) is 60.7 Å². The minimum Gasteiger partial charge on any atom is -0.358 e. The molecule has 4 aromatic rings. The fraction of sp³-hybridized carbons (Fsp3) is 0.259. The van der Waals surface area contributed by atoms with Gasteiger partial charge in [0.15, 0.2) is 0 Å². The van der Waals surface area contributed by atoms with E-state index in [4.69, 9.17) is 0 Å². The molecule has 162 valence electrons. The minimum atomic E-state index is -0.728. The Morgan fingerprint density at radius 3 is 2.41 bits per heavy atom. The number of carbonyl (C=O) groups is 2. The molecule has 1 aliphatic heterocycles. The van der Waals surface area contributed by atoms with Gasteiger partial charge >= 0.3 is 0 Å². The maximum Gasteiger partial charge on any atom is 0.255 e. The third-order valence-corrected chi connectivity index (χ3v) is 6.08. The average molecular weight is 426 g/mol. The predicted molar refractivity (Wildman–Crippen MR) is 127 cm³/mol. The number of hydrogen-bond acceptors (Lipinski definition) is 2. The van der Waals surface area contributed by atoms with Crippen molar-refractivity contribution in [1.82, 2.24) is 15.2 Å². The Hall–Kier alpha value is -3.60. The van der Waals surface area contributed by atoms with Crippen LogP contribution in [0, 0.1) is 6.92 Å². The third kappa shape index (κ3) is 3.34. The van der Waals surface area contributed by atoms with Crippen LogP contribution in [0.2, 0.25) is 0 Å². The lowest BCUT2D eigenvalue weighted by molar-refractivity contribution is -0.127. The number of nitrogens with zero attached hydrogens (tertiary/aromatic N) is 1. The van der Waals surface area contributed by atoms with E-state index in [9.17, 15) is 9.59 Å². The topological polar surface area (TPSA) is 65.2 Å². The third-order valence-electron chi connectivity index (χ3n) is 6.08. The number of para-hydroxylation sites is 1. The summed E-state index contributed by atoms with van der Waals surface area (Å²) < 4.78 is 0. The van der Waals surface area contributed by atoms with Gasteiger partial charge in [0.1, 0.15) is 6.04 Å². The molecule has 0 aliphatic carbocycles. The van der Waals surface area contributed by atoms with E-state index in [1.54, 1.807) is 4.90 Å². The number of H-pyrrole nitrogens is 1. The molecule has 0 saturated heterocycles. The molecule has 3 aromatic carbocycles. The smallest absolute Gasteiger partial charge is 0.255 e.